The van der Waals surface area contributed by atoms with E-state index in [1.165, 1.54) is 5.38 Å². The molecule has 0 saturated carbocycles. The molecule has 1 saturated heterocycles. The Morgan fingerprint density at radius 2 is 2.03 bits per heavy atom. The predicted octanol–water partition coefficient (Wildman–Crippen LogP) is -2.92. The molecule has 32 heavy (non-hydrogen) atoms. The molecule has 0 unspecified atom stereocenters. The molecule has 0 spiro atoms. The molecule has 3 amide bonds. The molecule has 2 atom stereocenters. The Kier molecular flexibility index (Phi) is 7.59. The lowest BCUT2D eigenvalue weighted by atomic mass is 9.99. The van der Waals surface area contributed by atoms with Gasteiger partial charge in [-0.1, -0.05) is 5.16 Å². The number of amides is 3. The third-order valence-corrected chi connectivity index (χ3v) is 6.31. The number of anilines is 1. The molecule has 1 fully saturated rings. The highest BCUT2D eigenvalue weighted by atomic mass is 32.2. The highest BCUT2D eigenvalue weighted by Gasteiger charge is 2.54. The number of nitrogens with zero attached hydrogens (tertiary/aromatic N) is 3. The number of rotatable bonds is 10. The number of carbonyl (C=O) groups excluding carboxylic acids is 3. The van der Waals surface area contributed by atoms with Gasteiger partial charge in [-0.3, -0.25) is 14.1 Å². The van der Waals surface area contributed by atoms with E-state index in [1.54, 1.807) is 0 Å². The molecule has 1 aliphatic heterocycles. The summed E-state index contributed by atoms with van der Waals surface area (Å²) in [6.07, 6.45) is -0.323. The van der Waals surface area contributed by atoms with Gasteiger partial charge in [0, 0.05) is 11.6 Å². The van der Waals surface area contributed by atoms with Gasteiger partial charge in [0.1, 0.15) is 31.0 Å². The van der Waals surface area contributed by atoms with Crippen molar-refractivity contribution in [1.29, 1.82) is 0 Å². The Morgan fingerprint density at radius 3 is 2.53 bits per heavy atom. The fraction of sp³-hybridized carbons (Fsp3) is 0.462. The van der Waals surface area contributed by atoms with Gasteiger partial charge in [-0.2, -0.15) is 8.42 Å². The quantitative estimate of drug-likeness (QED) is 0.0805. The monoisotopic (exact) mass is 514 g/mol. The van der Waals surface area contributed by atoms with Gasteiger partial charge in [-0.05, 0) is 0 Å². The van der Waals surface area contributed by atoms with Crippen LogP contribution in [0.5, 0.6) is 0 Å². The lowest BCUT2D eigenvalue weighted by molar-refractivity contribution is -0.146. The van der Waals surface area contributed by atoms with Crippen LogP contribution in [0.2, 0.25) is 0 Å². The SMILES string of the molecule is CS(=O)(=O)CCON=C(C(=O)N[C@@H]1C(=O)N(S(=O)(=O)O)[C@@H]1COC(N)=O)c1csc(N)n1. The number of nitrogens with one attached hydrogen (secondary N) is 1. The van der Waals surface area contributed by atoms with Crippen LogP contribution < -0.4 is 16.8 Å². The number of hydrogen-bond donors (Lipinski definition) is 4. The maximum Gasteiger partial charge on any atom is 0.404 e. The van der Waals surface area contributed by atoms with Gasteiger partial charge < -0.3 is 26.4 Å². The van der Waals surface area contributed by atoms with Crippen LogP contribution in [0, 0.1) is 0 Å². The summed E-state index contributed by atoms with van der Waals surface area (Å²) in [5, 5.41) is 7.09. The standard InChI is InChI=1S/C13H18N6O10S3/c1-31(23,24)3-2-29-18-8(6-5-30-12(14)16-6)10(20)17-9-7(4-28-13(15)22)19(11(9)21)32(25,26)27/h5,7,9H,2-4H2,1H3,(H2,14,16)(H2,15,22)(H,17,20)(H,25,26,27)/t7-,9+/m1/s1. The summed E-state index contributed by atoms with van der Waals surface area (Å²) in [5.41, 5.74) is 9.77. The molecule has 0 radical (unpaired) electrons. The number of nitrogen functional groups attached to an aromatic ring is 1. The summed E-state index contributed by atoms with van der Waals surface area (Å²) in [7, 11) is -8.40. The van der Waals surface area contributed by atoms with Crippen molar-refractivity contribution in [3.05, 3.63) is 11.1 Å². The zero-order chi connectivity index (χ0) is 24.3. The molecule has 1 aromatic rings. The summed E-state index contributed by atoms with van der Waals surface area (Å²) < 4.78 is 58.8. The van der Waals surface area contributed by atoms with Crippen LogP contribution in [0.1, 0.15) is 5.69 Å². The molecule has 19 heteroatoms. The predicted molar refractivity (Wildman–Crippen MR) is 108 cm³/mol. The number of hydrogen-bond acceptors (Lipinski definition) is 13. The third-order valence-electron chi connectivity index (χ3n) is 3.78. The molecule has 16 nitrogen and oxygen atoms in total. The fourth-order valence-electron chi connectivity index (χ4n) is 2.40. The number of thiazole rings is 1. The minimum absolute atomic E-state index is 0.00113. The Labute approximate surface area is 185 Å². The normalized spacial score (nSPS) is 19.2. The van der Waals surface area contributed by atoms with E-state index in [1.807, 2.05) is 0 Å². The van der Waals surface area contributed by atoms with Crippen molar-refractivity contribution in [2.45, 2.75) is 12.1 Å². The van der Waals surface area contributed by atoms with Gasteiger partial charge in [0.25, 0.3) is 11.8 Å². The average molecular weight is 515 g/mol. The molecule has 0 aromatic carbocycles. The van der Waals surface area contributed by atoms with Crippen molar-refractivity contribution in [1.82, 2.24) is 14.6 Å². The van der Waals surface area contributed by atoms with E-state index in [-0.39, 0.29) is 15.1 Å². The third kappa shape index (κ3) is 6.48. The summed E-state index contributed by atoms with van der Waals surface area (Å²) in [5.74, 6) is -2.71. The first-order valence-corrected chi connectivity index (χ1v) is 12.7. The largest absolute Gasteiger partial charge is 0.447 e. The zero-order valence-corrected chi connectivity index (χ0v) is 18.6. The molecular formula is C13H18N6O10S3. The Hall–Kier alpha value is -3.03. The van der Waals surface area contributed by atoms with Crippen molar-refractivity contribution in [2.75, 3.05) is 31.0 Å². The number of primary amides is 1. The molecular weight excluding hydrogens is 496 g/mol. The van der Waals surface area contributed by atoms with Gasteiger partial charge in [0.05, 0.1) is 5.75 Å². The molecule has 2 rings (SSSR count). The van der Waals surface area contributed by atoms with Crippen molar-refractivity contribution in [3.63, 3.8) is 0 Å². The van der Waals surface area contributed by atoms with Crippen LogP contribution in [0.25, 0.3) is 0 Å². The van der Waals surface area contributed by atoms with E-state index in [4.69, 9.17) is 16.3 Å². The topological polar surface area (TPSA) is 251 Å². The minimum atomic E-state index is -5.02. The van der Waals surface area contributed by atoms with E-state index in [2.05, 4.69) is 20.2 Å². The molecule has 6 N–H and O–H groups in total. The number of aromatic nitrogens is 1. The Morgan fingerprint density at radius 1 is 1.38 bits per heavy atom. The van der Waals surface area contributed by atoms with E-state index < -0.39 is 74.8 Å². The van der Waals surface area contributed by atoms with E-state index in [9.17, 15) is 35.8 Å². The van der Waals surface area contributed by atoms with E-state index in [0.29, 0.717) is 0 Å². The lowest BCUT2D eigenvalue weighted by Crippen LogP contribution is -2.73. The second-order valence-electron chi connectivity index (χ2n) is 6.23. The molecule has 2 heterocycles. The molecule has 1 aromatic heterocycles. The van der Waals surface area contributed by atoms with Gasteiger partial charge in [0.15, 0.2) is 20.7 Å². The molecule has 1 aliphatic rings. The molecule has 0 bridgehead atoms. The molecule has 178 valence electrons. The maximum atomic E-state index is 12.7. The second-order valence-corrected chi connectivity index (χ2v) is 10.7. The summed E-state index contributed by atoms with van der Waals surface area (Å²) in [6.45, 7) is -1.16. The van der Waals surface area contributed by atoms with E-state index >= 15 is 0 Å². The summed E-state index contributed by atoms with van der Waals surface area (Å²) in [4.78, 5) is 44.4. The first-order valence-electron chi connectivity index (χ1n) is 8.33. The highest BCUT2D eigenvalue weighted by molar-refractivity contribution is 7.90. The average Bonchev–Trinajstić information content (AvgIpc) is 3.06. The number of nitrogens with two attached hydrogens (primary N) is 2. The van der Waals surface area contributed by atoms with Crippen LogP contribution in [-0.2, 0) is 39.3 Å². The number of oxime groups is 1. The van der Waals surface area contributed by atoms with Crippen LogP contribution >= 0.6 is 11.3 Å². The highest BCUT2D eigenvalue weighted by Crippen LogP contribution is 2.24. The minimum Gasteiger partial charge on any atom is -0.447 e. The fourth-order valence-corrected chi connectivity index (χ4v) is 4.19. The van der Waals surface area contributed by atoms with Crippen molar-refractivity contribution >= 4 is 60.2 Å². The van der Waals surface area contributed by atoms with Gasteiger partial charge >= 0.3 is 16.4 Å². The summed E-state index contributed by atoms with van der Waals surface area (Å²) in [6, 6.07) is -3.05. The molecule has 0 aliphatic carbocycles. The van der Waals surface area contributed by atoms with Crippen molar-refractivity contribution < 1.29 is 45.3 Å². The summed E-state index contributed by atoms with van der Waals surface area (Å²) >= 11 is 0.944. The Balaban J connectivity index is 2.23. The van der Waals surface area contributed by atoms with Crippen molar-refractivity contribution in [3.8, 4) is 0 Å². The van der Waals surface area contributed by atoms with Crippen LogP contribution in [-0.4, -0.2) is 91.6 Å². The number of ether oxygens (including phenoxy) is 1. The van der Waals surface area contributed by atoms with Gasteiger partial charge in [-0.25, -0.2) is 22.5 Å². The van der Waals surface area contributed by atoms with Crippen LogP contribution in [0.3, 0.4) is 0 Å². The van der Waals surface area contributed by atoms with Crippen LogP contribution in [0.4, 0.5) is 9.93 Å². The van der Waals surface area contributed by atoms with E-state index in [0.717, 1.165) is 17.6 Å². The van der Waals surface area contributed by atoms with Gasteiger partial charge in [-0.15, -0.1) is 11.3 Å². The Bertz CT molecular complexity index is 1140. The first-order chi connectivity index (χ1) is 14.7. The van der Waals surface area contributed by atoms with Gasteiger partial charge in [0.2, 0.25) is 0 Å². The maximum absolute atomic E-state index is 12.7. The number of β-lactam (4-membered cyclic amide) rings is 1. The number of sulfone groups is 1. The smallest absolute Gasteiger partial charge is 0.404 e. The van der Waals surface area contributed by atoms with Crippen LogP contribution in [0.15, 0.2) is 10.5 Å². The van der Waals surface area contributed by atoms with Crippen molar-refractivity contribution in [2.24, 2.45) is 10.9 Å². The second kappa shape index (κ2) is 9.63. The zero-order valence-electron chi connectivity index (χ0n) is 16.2. The number of carbonyl (C=O) groups is 3. The lowest BCUT2D eigenvalue weighted by Gasteiger charge is -2.43. The first kappa shape index (κ1) is 25.2.